The fourth-order valence-electron chi connectivity index (χ4n) is 3.59. The Morgan fingerprint density at radius 1 is 1.22 bits per heavy atom. The van der Waals surface area contributed by atoms with Gasteiger partial charge in [-0.25, -0.2) is 0 Å². The Bertz CT molecular complexity index is 750. The minimum atomic E-state index is -0.443. The van der Waals surface area contributed by atoms with Crippen LogP contribution in [0.3, 0.4) is 0 Å². The Balaban J connectivity index is 1.45. The number of likely N-dealkylation sites (tertiary alicyclic amines) is 1. The van der Waals surface area contributed by atoms with Crippen LogP contribution >= 0.6 is 11.3 Å². The van der Waals surface area contributed by atoms with E-state index in [2.05, 4.69) is 17.4 Å². The van der Waals surface area contributed by atoms with Crippen molar-refractivity contribution < 1.29 is 9.59 Å². The zero-order valence-electron chi connectivity index (χ0n) is 15.7. The van der Waals surface area contributed by atoms with E-state index >= 15 is 0 Å². The van der Waals surface area contributed by atoms with E-state index in [1.165, 1.54) is 12.5 Å². The molecule has 0 bridgehead atoms. The van der Waals surface area contributed by atoms with Crippen molar-refractivity contribution in [3.05, 3.63) is 52.2 Å². The molecule has 1 saturated heterocycles. The average molecular weight is 386 g/mol. The molecule has 6 heteroatoms. The Morgan fingerprint density at radius 3 is 2.52 bits per heavy atom. The van der Waals surface area contributed by atoms with Gasteiger partial charge in [0.1, 0.15) is 0 Å². The third kappa shape index (κ3) is 5.65. The fourth-order valence-corrected chi connectivity index (χ4v) is 4.35. The lowest BCUT2D eigenvalue weighted by molar-refractivity contribution is -0.134. The van der Waals surface area contributed by atoms with Crippen LogP contribution < -0.4 is 11.1 Å². The number of piperidine rings is 1. The summed E-state index contributed by atoms with van der Waals surface area (Å²) in [6, 6.07) is 11.6. The summed E-state index contributed by atoms with van der Waals surface area (Å²) in [7, 11) is 0. The van der Waals surface area contributed by atoms with E-state index in [0.717, 1.165) is 42.9 Å². The van der Waals surface area contributed by atoms with Crippen LogP contribution in [0.2, 0.25) is 0 Å². The summed E-state index contributed by atoms with van der Waals surface area (Å²) in [4.78, 5) is 26.8. The summed E-state index contributed by atoms with van der Waals surface area (Å²) in [6.45, 7) is 3.08. The number of amides is 2. The van der Waals surface area contributed by atoms with Gasteiger partial charge in [-0.1, -0.05) is 18.2 Å². The molecule has 1 aliphatic heterocycles. The molecule has 2 aromatic rings. The van der Waals surface area contributed by atoms with Gasteiger partial charge in [0.2, 0.25) is 11.8 Å². The maximum Gasteiger partial charge on any atom is 0.239 e. The van der Waals surface area contributed by atoms with Crippen molar-refractivity contribution in [3.8, 4) is 0 Å². The van der Waals surface area contributed by atoms with Gasteiger partial charge in [0.25, 0.3) is 0 Å². The first kappa shape index (κ1) is 19.6. The Hall–Kier alpha value is -2.18. The number of benzene rings is 1. The topological polar surface area (TPSA) is 75.4 Å². The molecule has 1 aliphatic rings. The molecule has 0 aliphatic carbocycles. The van der Waals surface area contributed by atoms with Crippen LogP contribution in [0.5, 0.6) is 0 Å². The number of nitrogens with one attached hydrogen (secondary N) is 1. The van der Waals surface area contributed by atoms with Crippen LogP contribution in [0.15, 0.2) is 41.8 Å². The molecule has 1 atom stereocenters. The first-order valence-corrected chi connectivity index (χ1v) is 10.3. The number of carbonyl (C=O) groups excluding carboxylic acids is 2. The standard InChI is InChI=1S/C21H27N3O2S/c1-15(25)23-18-6-4-16(5-7-18)13-17-8-10-24(11-9-17)21(26)20(22)14-19-3-2-12-27-19/h2-7,12,17,20H,8-11,13-14,22H2,1H3,(H,23,25)/t20-/m0/s1. The highest BCUT2D eigenvalue weighted by Crippen LogP contribution is 2.23. The lowest BCUT2D eigenvalue weighted by atomic mass is 9.90. The molecule has 2 heterocycles. The molecular formula is C21H27N3O2S. The molecule has 3 N–H and O–H groups in total. The van der Waals surface area contributed by atoms with Gasteiger partial charge in [-0.3, -0.25) is 9.59 Å². The smallest absolute Gasteiger partial charge is 0.239 e. The summed E-state index contributed by atoms with van der Waals surface area (Å²) in [6.07, 6.45) is 3.64. The average Bonchev–Trinajstić information content (AvgIpc) is 3.16. The molecule has 3 rings (SSSR count). The maximum atomic E-state index is 12.6. The largest absolute Gasteiger partial charge is 0.341 e. The highest BCUT2D eigenvalue weighted by atomic mass is 32.1. The van der Waals surface area contributed by atoms with Crippen LogP contribution in [0.4, 0.5) is 5.69 Å². The molecule has 1 aromatic carbocycles. The molecule has 0 radical (unpaired) electrons. The van der Waals surface area contributed by atoms with Crippen molar-refractivity contribution in [3.63, 3.8) is 0 Å². The normalized spacial score (nSPS) is 16.1. The van der Waals surface area contributed by atoms with Crippen LogP contribution in [-0.2, 0) is 22.4 Å². The molecule has 0 unspecified atom stereocenters. The Kier molecular flexibility index (Phi) is 6.63. The molecular weight excluding hydrogens is 358 g/mol. The van der Waals surface area contributed by atoms with Crippen LogP contribution in [-0.4, -0.2) is 35.8 Å². The molecule has 5 nitrogen and oxygen atoms in total. The van der Waals surface area contributed by atoms with Gasteiger partial charge in [-0.2, -0.15) is 0 Å². The van der Waals surface area contributed by atoms with E-state index in [9.17, 15) is 9.59 Å². The SMILES string of the molecule is CC(=O)Nc1ccc(CC2CCN(C(=O)[C@@H](N)Cc3cccs3)CC2)cc1. The van der Waals surface area contributed by atoms with Crippen molar-refractivity contribution in [2.24, 2.45) is 11.7 Å². The lowest BCUT2D eigenvalue weighted by Crippen LogP contribution is -2.48. The number of nitrogens with zero attached hydrogens (tertiary/aromatic N) is 1. The summed E-state index contributed by atoms with van der Waals surface area (Å²) < 4.78 is 0. The highest BCUT2D eigenvalue weighted by molar-refractivity contribution is 7.09. The van der Waals surface area contributed by atoms with E-state index < -0.39 is 6.04 Å². The zero-order chi connectivity index (χ0) is 19.2. The summed E-state index contributed by atoms with van der Waals surface area (Å²) in [5.41, 5.74) is 8.22. The van der Waals surface area contributed by atoms with E-state index in [-0.39, 0.29) is 11.8 Å². The third-order valence-corrected chi connectivity index (χ3v) is 5.94. The minimum absolute atomic E-state index is 0.0583. The Morgan fingerprint density at radius 2 is 1.93 bits per heavy atom. The quantitative estimate of drug-likeness (QED) is 0.802. The minimum Gasteiger partial charge on any atom is -0.341 e. The number of thiophene rings is 1. The molecule has 0 spiro atoms. The number of rotatable bonds is 6. The predicted molar refractivity (Wildman–Crippen MR) is 110 cm³/mol. The van der Waals surface area contributed by atoms with Gasteiger partial charge in [0, 0.05) is 37.0 Å². The second kappa shape index (κ2) is 9.15. The first-order valence-electron chi connectivity index (χ1n) is 9.44. The second-order valence-corrected chi connectivity index (χ2v) is 8.27. The van der Waals surface area contributed by atoms with Crippen LogP contribution in [0.25, 0.3) is 0 Å². The highest BCUT2D eigenvalue weighted by Gasteiger charge is 2.26. The van der Waals surface area contributed by atoms with Crippen molar-refractivity contribution in [2.75, 3.05) is 18.4 Å². The van der Waals surface area contributed by atoms with Gasteiger partial charge in [0.15, 0.2) is 0 Å². The molecule has 1 fully saturated rings. The van der Waals surface area contributed by atoms with Crippen molar-refractivity contribution >= 4 is 28.8 Å². The van der Waals surface area contributed by atoms with Gasteiger partial charge in [0.05, 0.1) is 6.04 Å². The molecule has 0 saturated carbocycles. The summed E-state index contributed by atoms with van der Waals surface area (Å²) >= 11 is 1.65. The van der Waals surface area contributed by atoms with Crippen molar-refractivity contribution in [1.29, 1.82) is 0 Å². The number of anilines is 1. The monoisotopic (exact) mass is 385 g/mol. The van der Waals surface area contributed by atoms with Gasteiger partial charge >= 0.3 is 0 Å². The van der Waals surface area contributed by atoms with E-state index in [1.807, 2.05) is 34.5 Å². The molecule has 2 amide bonds. The zero-order valence-corrected chi connectivity index (χ0v) is 16.5. The summed E-state index contributed by atoms with van der Waals surface area (Å²) in [5.74, 6) is 0.591. The van der Waals surface area contributed by atoms with Crippen LogP contribution in [0, 0.1) is 5.92 Å². The van der Waals surface area contributed by atoms with Gasteiger partial charge in [-0.05, 0) is 54.3 Å². The second-order valence-electron chi connectivity index (χ2n) is 7.24. The van der Waals surface area contributed by atoms with E-state index in [4.69, 9.17) is 5.73 Å². The molecule has 27 heavy (non-hydrogen) atoms. The van der Waals surface area contributed by atoms with E-state index in [0.29, 0.717) is 12.3 Å². The van der Waals surface area contributed by atoms with Gasteiger partial charge < -0.3 is 16.0 Å². The van der Waals surface area contributed by atoms with Crippen molar-refractivity contribution in [2.45, 2.75) is 38.6 Å². The number of carbonyl (C=O) groups is 2. The number of nitrogens with two attached hydrogens (primary N) is 1. The summed E-state index contributed by atoms with van der Waals surface area (Å²) in [5, 5.41) is 4.80. The first-order chi connectivity index (χ1) is 13.0. The molecule has 1 aromatic heterocycles. The predicted octanol–water partition coefficient (Wildman–Crippen LogP) is 3.06. The maximum absolute atomic E-state index is 12.6. The number of hydrogen-bond donors (Lipinski definition) is 2. The van der Waals surface area contributed by atoms with E-state index in [1.54, 1.807) is 11.3 Å². The van der Waals surface area contributed by atoms with Crippen LogP contribution in [0.1, 0.15) is 30.2 Å². The fraction of sp³-hybridized carbons (Fsp3) is 0.429. The third-order valence-electron chi connectivity index (χ3n) is 5.04. The van der Waals surface area contributed by atoms with Gasteiger partial charge in [-0.15, -0.1) is 11.3 Å². The molecule has 144 valence electrons. The van der Waals surface area contributed by atoms with Crippen molar-refractivity contribution in [1.82, 2.24) is 4.90 Å². The lowest BCUT2D eigenvalue weighted by Gasteiger charge is -2.33. The Labute approximate surface area is 164 Å². The number of hydrogen-bond acceptors (Lipinski definition) is 4.